The minimum absolute atomic E-state index is 0.0711. The van der Waals surface area contributed by atoms with Crippen molar-refractivity contribution in [2.45, 2.75) is 12.7 Å². The third-order valence-electron chi connectivity index (χ3n) is 5.02. The molecule has 10 heteroatoms. The van der Waals surface area contributed by atoms with E-state index in [2.05, 4.69) is 10.3 Å². The van der Waals surface area contributed by atoms with Crippen molar-refractivity contribution in [3.63, 3.8) is 0 Å². The number of hydrogen-bond acceptors (Lipinski definition) is 5. The van der Waals surface area contributed by atoms with Gasteiger partial charge in [0.05, 0.1) is 22.2 Å². The lowest BCUT2D eigenvalue weighted by atomic mass is 10.1. The maximum atomic E-state index is 13.0. The molecule has 0 fully saturated rings. The smallest absolute Gasteiger partial charge is 0.416 e. The first-order valence-corrected chi connectivity index (χ1v) is 9.70. The Hall–Kier alpha value is -4.18. The minimum atomic E-state index is -4.58. The highest BCUT2D eigenvalue weighted by atomic mass is 19.4. The number of aromatic hydroxyl groups is 1. The number of anilines is 1. The van der Waals surface area contributed by atoms with Crippen molar-refractivity contribution in [1.29, 1.82) is 0 Å². The number of halogens is 3. The van der Waals surface area contributed by atoms with Crippen LogP contribution in [0.25, 0.3) is 16.6 Å². The van der Waals surface area contributed by atoms with Gasteiger partial charge in [0.1, 0.15) is 12.1 Å². The summed E-state index contributed by atoms with van der Waals surface area (Å²) in [5.74, 6) is -0.846. The van der Waals surface area contributed by atoms with Crippen LogP contribution in [0.15, 0.2) is 71.8 Å². The molecule has 0 spiro atoms. The molecule has 0 bridgehead atoms. The van der Waals surface area contributed by atoms with Gasteiger partial charge < -0.3 is 16.2 Å². The number of fused-ring (bicyclic) bond motifs is 1. The fourth-order valence-corrected chi connectivity index (χ4v) is 3.36. The summed E-state index contributed by atoms with van der Waals surface area (Å²) in [5, 5.41) is 12.4. The second kappa shape index (κ2) is 8.40. The summed E-state index contributed by atoms with van der Waals surface area (Å²) in [6, 6.07) is 12.9. The van der Waals surface area contributed by atoms with E-state index >= 15 is 0 Å². The maximum absolute atomic E-state index is 13.0. The number of benzene rings is 3. The zero-order valence-corrected chi connectivity index (χ0v) is 16.9. The van der Waals surface area contributed by atoms with Crippen LogP contribution in [0.3, 0.4) is 0 Å². The SMILES string of the molecule is NCc1ccc(NC(=O)c2cccc(C(F)(F)F)c2)cc1-n1cnc2ccc(O)cc2c1=O. The van der Waals surface area contributed by atoms with Crippen LogP contribution in [0.2, 0.25) is 0 Å². The Labute approximate surface area is 184 Å². The molecule has 0 aliphatic heterocycles. The molecule has 0 atom stereocenters. The Bertz CT molecular complexity index is 1430. The average molecular weight is 454 g/mol. The van der Waals surface area contributed by atoms with Gasteiger partial charge in [-0.05, 0) is 54.1 Å². The van der Waals surface area contributed by atoms with Crippen LogP contribution < -0.4 is 16.6 Å². The number of phenolic OH excluding ortho intramolecular Hbond substituents is 1. The van der Waals surface area contributed by atoms with Gasteiger partial charge in [-0.25, -0.2) is 4.98 Å². The van der Waals surface area contributed by atoms with Crippen molar-refractivity contribution in [2.24, 2.45) is 5.73 Å². The molecule has 0 unspecified atom stereocenters. The standard InChI is InChI=1S/C23H17F3N4O3/c24-23(25,26)15-3-1-2-13(8-15)21(32)29-16-5-4-14(11-27)20(9-16)30-12-28-19-7-6-17(31)10-18(19)22(30)33/h1-10,12,31H,11,27H2,(H,29,32). The van der Waals surface area contributed by atoms with Crippen LogP contribution in [-0.2, 0) is 12.7 Å². The number of alkyl halides is 3. The first-order valence-electron chi connectivity index (χ1n) is 9.70. The van der Waals surface area contributed by atoms with E-state index in [9.17, 15) is 27.9 Å². The molecule has 1 aromatic heterocycles. The molecule has 4 aromatic rings. The molecule has 0 aliphatic carbocycles. The van der Waals surface area contributed by atoms with Crippen LogP contribution in [0, 0.1) is 0 Å². The summed E-state index contributed by atoms with van der Waals surface area (Å²) >= 11 is 0. The lowest BCUT2D eigenvalue weighted by Crippen LogP contribution is -2.21. The van der Waals surface area contributed by atoms with E-state index in [4.69, 9.17) is 5.73 Å². The monoisotopic (exact) mass is 454 g/mol. The quantitative estimate of drug-likeness (QED) is 0.434. The molecule has 1 amide bonds. The Morgan fingerprint density at radius 2 is 1.88 bits per heavy atom. The molecule has 0 aliphatic rings. The summed E-state index contributed by atoms with van der Waals surface area (Å²) in [4.78, 5) is 29.8. The molecule has 0 saturated heterocycles. The average Bonchev–Trinajstić information content (AvgIpc) is 2.79. The predicted molar refractivity (Wildman–Crippen MR) is 116 cm³/mol. The third-order valence-corrected chi connectivity index (χ3v) is 5.02. The van der Waals surface area contributed by atoms with Gasteiger partial charge in [-0.15, -0.1) is 0 Å². The fourth-order valence-electron chi connectivity index (χ4n) is 3.36. The van der Waals surface area contributed by atoms with Crippen molar-refractivity contribution in [2.75, 3.05) is 5.32 Å². The molecular weight excluding hydrogens is 437 g/mol. The minimum Gasteiger partial charge on any atom is -0.508 e. The molecule has 1 heterocycles. The molecule has 0 saturated carbocycles. The number of carbonyl (C=O) groups is 1. The Kier molecular flexibility index (Phi) is 5.60. The fraction of sp³-hybridized carbons (Fsp3) is 0.0870. The van der Waals surface area contributed by atoms with Gasteiger partial charge in [-0.3, -0.25) is 14.2 Å². The van der Waals surface area contributed by atoms with Crippen molar-refractivity contribution < 1.29 is 23.1 Å². The molecule has 3 aromatic carbocycles. The van der Waals surface area contributed by atoms with E-state index in [1.165, 1.54) is 47.3 Å². The summed E-state index contributed by atoms with van der Waals surface area (Å²) in [7, 11) is 0. The highest BCUT2D eigenvalue weighted by molar-refractivity contribution is 6.04. The van der Waals surface area contributed by atoms with Crippen molar-refractivity contribution >= 4 is 22.5 Å². The van der Waals surface area contributed by atoms with Crippen LogP contribution in [0.5, 0.6) is 5.75 Å². The lowest BCUT2D eigenvalue weighted by molar-refractivity contribution is -0.137. The highest BCUT2D eigenvalue weighted by Crippen LogP contribution is 2.30. The molecular formula is C23H17F3N4O3. The zero-order chi connectivity index (χ0) is 23.8. The molecule has 7 nitrogen and oxygen atoms in total. The molecule has 4 rings (SSSR count). The Morgan fingerprint density at radius 3 is 2.61 bits per heavy atom. The summed E-state index contributed by atoms with van der Waals surface area (Å²) in [6.07, 6.45) is -3.28. The van der Waals surface area contributed by atoms with Gasteiger partial charge >= 0.3 is 6.18 Å². The zero-order valence-electron chi connectivity index (χ0n) is 16.9. The normalized spacial score (nSPS) is 11.5. The molecule has 168 valence electrons. The first kappa shape index (κ1) is 22.0. The lowest BCUT2D eigenvalue weighted by Gasteiger charge is -2.14. The highest BCUT2D eigenvalue weighted by Gasteiger charge is 2.30. The largest absolute Gasteiger partial charge is 0.508 e. The van der Waals surface area contributed by atoms with Crippen LogP contribution in [0.1, 0.15) is 21.5 Å². The van der Waals surface area contributed by atoms with Gasteiger partial charge in [0.15, 0.2) is 0 Å². The van der Waals surface area contributed by atoms with Gasteiger partial charge in [0.25, 0.3) is 11.5 Å². The maximum Gasteiger partial charge on any atom is 0.416 e. The second-order valence-electron chi connectivity index (χ2n) is 7.20. The summed E-state index contributed by atoms with van der Waals surface area (Å²) < 4.78 is 40.1. The summed E-state index contributed by atoms with van der Waals surface area (Å²) in [6.45, 7) is 0.0711. The number of nitrogens with zero attached hydrogens (tertiary/aromatic N) is 2. The first-order chi connectivity index (χ1) is 15.7. The number of hydrogen-bond donors (Lipinski definition) is 3. The van der Waals surface area contributed by atoms with E-state index in [1.54, 1.807) is 6.07 Å². The number of aromatic nitrogens is 2. The van der Waals surface area contributed by atoms with Gasteiger partial charge in [0.2, 0.25) is 0 Å². The van der Waals surface area contributed by atoms with Crippen molar-refractivity contribution in [1.82, 2.24) is 9.55 Å². The molecule has 0 radical (unpaired) electrons. The predicted octanol–water partition coefficient (Wildman–Crippen LogP) is 3.82. The van der Waals surface area contributed by atoms with Gasteiger partial charge in [-0.2, -0.15) is 13.2 Å². The Morgan fingerprint density at radius 1 is 1.09 bits per heavy atom. The number of phenols is 1. The van der Waals surface area contributed by atoms with Crippen LogP contribution in [0.4, 0.5) is 18.9 Å². The second-order valence-corrected chi connectivity index (χ2v) is 7.20. The molecule has 4 N–H and O–H groups in total. The third kappa shape index (κ3) is 4.41. The topological polar surface area (TPSA) is 110 Å². The van der Waals surface area contributed by atoms with E-state index < -0.39 is 23.2 Å². The van der Waals surface area contributed by atoms with E-state index in [0.717, 1.165) is 18.2 Å². The van der Waals surface area contributed by atoms with Gasteiger partial charge in [-0.1, -0.05) is 12.1 Å². The summed E-state index contributed by atoms with van der Waals surface area (Å²) in [5.41, 5.74) is 5.76. The van der Waals surface area contributed by atoms with Crippen LogP contribution >= 0.6 is 0 Å². The Balaban J connectivity index is 1.73. The van der Waals surface area contributed by atoms with E-state index in [1.807, 2.05) is 0 Å². The van der Waals surface area contributed by atoms with E-state index in [0.29, 0.717) is 16.8 Å². The van der Waals surface area contributed by atoms with Gasteiger partial charge in [0, 0.05) is 17.8 Å². The number of nitrogens with two attached hydrogens (primary N) is 1. The number of nitrogens with one attached hydrogen (secondary N) is 1. The number of amides is 1. The molecule has 33 heavy (non-hydrogen) atoms. The van der Waals surface area contributed by atoms with Crippen LogP contribution in [-0.4, -0.2) is 20.6 Å². The van der Waals surface area contributed by atoms with Crippen molar-refractivity contribution in [3.05, 3.63) is 94.0 Å². The number of rotatable bonds is 4. The van der Waals surface area contributed by atoms with E-state index in [-0.39, 0.29) is 28.9 Å². The van der Waals surface area contributed by atoms with Crippen molar-refractivity contribution in [3.8, 4) is 11.4 Å². The number of carbonyl (C=O) groups excluding carboxylic acids is 1.